The Morgan fingerprint density at radius 3 is 2.30 bits per heavy atom. The van der Waals surface area contributed by atoms with Crippen LogP contribution in [-0.4, -0.2) is 41.9 Å². The first-order valence-electron chi connectivity index (χ1n) is 7.70. The van der Waals surface area contributed by atoms with E-state index in [9.17, 15) is 13.6 Å². The number of nitrogens with zero attached hydrogens (tertiary/aromatic N) is 1. The van der Waals surface area contributed by atoms with Crippen LogP contribution in [0.5, 0.6) is 0 Å². The van der Waals surface area contributed by atoms with Gasteiger partial charge in [0, 0.05) is 30.8 Å². The van der Waals surface area contributed by atoms with Crippen molar-refractivity contribution in [3.63, 3.8) is 0 Å². The maximum absolute atomic E-state index is 12.8. The fraction of sp³-hybridized carbons (Fsp3) is 0.933. The quantitative estimate of drug-likeness (QED) is 0.843. The molecule has 0 unspecified atom stereocenters. The predicted molar refractivity (Wildman–Crippen MR) is 74.8 cm³/mol. The fourth-order valence-electron chi connectivity index (χ4n) is 3.04. The number of hydrogen-bond donors (Lipinski definition) is 1. The topological polar surface area (TPSA) is 32.3 Å². The molecular weight excluding hydrogens is 262 g/mol. The molecule has 0 aromatic heterocycles. The summed E-state index contributed by atoms with van der Waals surface area (Å²) in [6.45, 7) is 6.88. The maximum Gasteiger partial charge on any atom is 0.252 e. The van der Waals surface area contributed by atoms with Crippen molar-refractivity contribution in [3.05, 3.63) is 0 Å². The van der Waals surface area contributed by atoms with E-state index in [0.717, 1.165) is 19.6 Å². The fourth-order valence-corrected chi connectivity index (χ4v) is 3.04. The minimum Gasteiger partial charge on any atom is -0.350 e. The molecule has 1 heterocycles. The van der Waals surface area contributed by atoms with Crippen molar-refractivity contribution in [2.45, 2.75) is 63.8 Å². The van der Waals surface area contributed by atoms with E-state index in [-0.39, 0.29) is 24.3 Å². The molecule has 1 saturated carbocycles. The third-order valence-corrected chi connectivity index (χ3v) is 4.18. The number of carbonyl (C=O) groups excluding carboxylic acids is 1. The zero-order valence-electron chi connectivity index (χ0n) is 12.6. The molecule has 0 aromatic carbocycles. The molecule has 3 nitrogen and oxygen atoms in total. The van der Waals surface area contributed by atoms with E-state index in [0.29, 0.717) is 0 Å². The van der Waals surface area contributed by atoms with Crippen molar-refractivity contribution in [3.8, 4) is 0 Å². The highest BCUT2D eigenvalue weighted by Gasteiger charge is 2.57. The minimum absolute atomic E-state index is 0.0452. The SMILES string of the molecule is CC(C)(CN1CCCCCC1)NC(=O)C[C@H]1CC1(F)F. The number of amides is 1. The van der Waals surface area contributed by atoms with E-state index in [1.807, 2.05) is 13.8 Å². The van der Waals surface area contributed by atoms with Crippen LogP contribution < -0.4 is 5.32 Å². The first-order chi connectivity index (χ1) is 9.28. The Hall–Kier alpha value is -0.710. The van der Waals surface area contributed by atoms with Crippen molar-refractivity contribution in [2.24, 2.45) is 5.92 Å². The standard InChI is InChI=1S/C15H26F2N2O/c1-14(2,11-19-7-5-3-4-6-8-19)18-13(20)9-12-10-15(12,16)17/h12H,3-11H2,1-2H3,(H,18,20)/t12-/m0/s1. The molecule has 1 N–H and O–H groups in total. The van der Waals surface area contributed by atoms with Crippen molar-refractivity contribution >= 4 is 5.91 Å². The number of rotatable bonds is 5. The molecule has 5 heteroatoms. The van der Waals surface area contributed by atoms with Gasteiger partial charge in [0.15, 0.2) is 0 Å². The molecule has 0 aromatic rings. The van der Waals surface area contributed by atoms with Crippen molar-refractivity contribution < 1.29 is 13.6 Å². The van der Waals surface area contributed by atoms with Crippen LogP contribution in [0.1, 0.15) is 52.4 Å². The summed E-state index contributed by atoms with van der Waals surface area (Å²) in [6.07, 6.45) is 4.79. The van der Waals surface area contributed by atoms with E-state index in [1.165, 1.54) is 25.7 Å². The van der Waals surface area contributed by atoms with Crippen LogP contribution in [-0.2, 0) is 4.79 Å². The second kappa shape index (κ2) is 5.96. The molecule has 2 aliphatic rings. The van der Waals surface area contributed by atoms with Gasteiger partial charge in [-0.25, -0.2) is 8.78 Å². The van der Waals surface area contributed by atoms with Crippen molar-refractivity contribution in [1.82, 2.24) is 10.2 Å². The van der Waals surface area contributed by atoms with Crippen LogP contribution in [0, 0.1) is 5.92 Å². The molecule has 0 bridgehead atoms. The lowest BCUT2D eigenvalue weighted by atomic mass is 10.0. The highest BCUT2D eigenvalue weighted by Crippen LogP contribution is 2.50. The average Bonchev–Trinajstić information content (AvgIpc) is 2.95. The van der Waals surface area contributed by atoms with Gasteiger partial charge in [-0.1, -0.05) is 12.8 Å². The van der Waals surface area contributed by atoms with Gasteiger partial charge in [0.1, 0.15) is 0 Å². The van der Waals surface area contributed by atoms with Crippen LogP contribution in [0.4, 0.5) is 8.78 Å². The molecule has 1 amide bonds. The van der Waals surface area contributed by atoms with Crippen molar-refractivity contribution in [2.75, 3.05) is 19.6 Å². The number of alkyl halides is 2. The number of halogens is 2. The van der Waals surface area contributed by atoms with Crippen LogP contribution in [0.25, 0.3) is 0 Å². The summed E-state index contributed by atoms with van der Waals surface area (Å²) in [7, 11) is 0. The summed E-state index contributed by atoms with van der Waals surface area (Å²) in [5.74, 6) is -3.59. The Balaban J connectivity index is 1.76. The molecule has 1 atom stereocenters. The largest absolute Gasteiger partial charge is 0.350 e. The third kappa shape index (κ3) is 4.69. The smallest absolute Gasteiger partial charge is 0.252 e. The molecule has 1 saturated heterocycles. The van der Waals surface area contributed by atoms with Gasteiger partial charge in [0.25, 0.3) is 5.92 Å². The molecule has 0 radical (unpaired) electrons. The number of nitrogens with one attached hydrogen (secondary N) is 1. The molecule has 2 rings (SSSR count). The zero-order chi connectivity index (χ0) is 14.8. The molecule has 1 aliphatic heterocycles. The van der Waals surface area contributed by atoms with Gasteiger partial charge in [-0.2, -0.15) is 0 Å². The predicted octanol–water partition coefficient (Wildman–Crippen LogP) is 2.80. The lowest BCUT2D eigenvalue weighted by Crippen LogP contribution is -2.51. The lowest BCUT2D eigenvalue weighted by Gasteiger charge is -2.33. The van der Waals surface area contributed by atoms with Crippen LogP contribution >= 0.6 is 0 Å². The first kappa shape index (κ1) is 15.7. The summed E-state index contributed by atoms with van der Waals surface area (Å²) < 4.78 is 25.6. The Kier molecular flexibility index (Phi) is 4.67. The Morgan fingerprint density at radius 1 is 1.25 bits per heavy atom. The van der Waals surface area contributed by atoms with Gasteiger partial charge in [0.2, 0.25) is 5.91 Å². The average molecular weight is 288 g/mol. The number of carbonyl (C=O) groups is 1. The summed E-state index contributed by atoms with van der Waals surface area (Å²) in [6, 6.07) is 0. The monoisotopic (exact) mass is 288 g/mol. The van der Waals surface area contributed by atoms with Gasteiger partial charge in [-0.05, 0) is 39.8 Å². The van der Waals surface area contributed by atoms with Gasteiger partial charge in [0.05, 0.1) is 0 Å². The van der Waals surface area contributed by atoms with E-state index >= 15 is 0 Å². The number of likely N-dealkylation sites (tertiary alicyclic amines) is 1. The second-order valence-electron chi connectivity index (χ2n) is 6.99. The van der Waals surface area contributed by atoms with E-state index in [1.54, 1.807) is 0 Å². The molecule has 2 fully saturated rings. The first-order valence-corrected chi connectivity index (χ1v) is 7.70. The van der Waals surface area contributed by atoms with Gasteiger partial charge in [-0.15, -0.1) is 0 Å². The summed E-state index contributed by atoms with van der Waals surface area (Å²) in [4.78, 5) is 14.2. The van der Waals surface area contributed by atoms with Crippen LogP contribution in [0.2, 0.25) is 0 Å². The summed E-state index contributed by atoms with van der Waals surface area (Å²) >= 11 is 0. The van der Waals surface area contributed by atoms with Gasteiger partial charge < -0.3 is 10.2 Å². The normalized spacial score (nSPS) is 26.9. The second-order valence-corrected chi connectivity index (χ2v) is 6.99. The Morgan fingerprint density at radius 2 is 1.80 bits per heavy atom. The highest BCUT2D eigenvalue weighted by atomic mass is 19.3. The number of hydrogen-bond acceptors (Lipinski definition) is 2. The Labute approximate surface area is 120 Å². The van der Waals surface area contributed by atoms with Crippen molar-refractivity contribution in [1.29, 1.82) is 0 Å². The van der Waals surface area contributed by atoms with Crippen LogP contribution in [0.3, 0.4) is 0 Å². The zero-order valence-corrected chi connectivity index (χ0v) is 12.6. The minimum atomic E-state index is -2.60. The van der Waals surface area contributed by atoms with Gasteiger partial charge in [-0.3, -0.25) is 4.79 Å². The maximum atomic E-state index is 12.8. The summed E-state index contributed by atoms with van der Waals surface area (Å²) in [5, 5.41) is 2.92. The van der Waals surface area contributed by atoms with E-state index in [2.05, 4.69) is 10.2 Å². The molecule has 1 aliphatic carbocycles. The molecule has 0 spiro atoms. The van der Waals surface area contributed by atoms with Crippen LogP contribution in [0.15, 0.2) is 0 Å². The van der Waals surface area contributed by atoms with Gasteiger partial charge >= 0.3 is 0 Å². The van der Waals surface area contributed by atoms with E-state index in [4.69, 9.17) is 0 Å². The summed E-state index contributed by atoms with van der Waals surface area (Å²) in [5.41, 5.74) is -0.356. The Bertz CT molecular complexity index is 350. The molecule has 20 heavy (non-hydrogen) atoms. The highest BCUT2D eigenvalue weighted by molar-refractivity contribution is 5.77. The van der Waals surface area contributed by atoms with E-state index < -0.39 is 11.8 Å². The molecule has 116 valence electrons. The third-order valence-electron chi connectivity index (χ3n) is 4.18. The molecular formula is C15H26F2N2O. The lowest BCUT2D eigenvalue weighted by molar-refractivity contribution is -0.123.